The maximum atomic E-state index is 13.8. The van der Waals surface area contributed by atoms with Gasteiger partial charge < -0.3 is 53.4 Å². The maximum Gasteiger partial charge on any atom is 0.326 e. The fourth-order valence-electron chi connectivity index (χ4n) is 5.42. The van der Waals surface area contributed by atoms with Crippen LogP contribution >= 0.6 is 0 Å². The van der Waals surface area contributed by atoms with Gasteiger partial charge in [0.1, 0.15) is 36.0 Å². The second-order valence-electron chi connectivity index (χ2n) is 14.1. The average molecular weight is 764 g/mol. The van der Waals surface area contributed by atoms with Gasteiger partial charge in [0, 0.05) is 12.8 Å². The lowest BCUT2D eigenvalue weighted by molar-refractivity contribution is -0.144. The number of carbonyl (C=O) groups excluding carboxylic acids is 5. The highest BCUT2D eigenvalue weighted by atomic mass is 16.4. The molecule has 1 aromatic rings. The molecule has 0 aliphatic rings. The molecule has 0 spiro atoms. The lowest BCUT2D eigenvalue weighted by Gasteiger charge is -2.29. The molecular weight excluding hydrogens is 702 g/mol. The quantitative estimate of drug-likeness (QED) is 0.0610. The van der Waals surface area contributed by atoms with E-state index in [4.69, 9.17) is 11.5 Å². The number of carboxylic acid groups (broad SMARTS) is 2. The fraction of sp³-hybridized carbons (Fsp3) is 0.649. The minimum absolute atomic E-state index is 0.00118. The van der Waals surface area contributed by atoms with Crippen LogP contribution in [0.4, 0.5) is 0 Å². The first kappa shape index (κ1) is 47.3. The first-order valence-electron chi connectivity index (χ1n) is 18.6. The van der Waals surface area contributed by atoms with E-state index in [2.05, 4.69) is 26.6 Å². The summed E-state index contributed by atoms with van der Waals surface area (Å²) in [4.78, 5) is 90.9. The molecule has 8 atom stereocenters. The highest BCUT2D eigenvalue weighted by Gasteiger charge is 2.35. The Balaban J connectivity index is 3.36. The van der Waals surface area contributed by atoms with Crippen molar-refractivity contribution in [1.29, 1.82) is 0 Å². The molecule has 0 bridgehead atoms. The van der Waals surface area contributed by atoms with Gasteiger partial charge in [-0.2, -0.15) is 0 Å². The number of aromatic hydroxyl groups is 1. The number of phenols is 1. The number of carboxylic acids is 2. The van der Waals surface area contributed by atoms with E-state index in [9.17, 15) is 48.9 Å². The minimum atomic E-state index is -1.44. The number of benzene rings is 1. The number of nitrogens with one attached hydrogen (secondary N) is 5. The molecule has 304 valence electrons. The largest absolute Gasteiger partial charge is 0.508 e. The van der Waals surface area contributed by atoms with Crippen LogP contribution < -0.4 is 38.1 Å². The number of unbranched alkanes of at least 4 members (excludes halogenated alkanes) is 1. The third-order valence-corrected chi connectivity index (χ3v) is 9.45. The Bertz CT molecular complexity index is 1410. The van der Waals surface area contributed by atoms with Crippen molar-refractivity contribution < 1.29 is 48.9 Å². The zero-order valence-corrected chi connectivity index (χ0v) is 32.2. The molecule has 0 unspecified atom stereocenters. The van der Waals surface area contributed by atoms with Crippen LogP contribution in [0.2, 0.25) is 0 Å². The van der Waals surface area contributed by atoms with Crippen molar-refractivity contribution >= 4 is 41.5 Å². The van der Waals surface area contributed by atoms with Crippen molar-refractivity contribution in [2.45, 2.75) is 129 Å². The van der Waals surface area contributed by atoms with Gasteiger partial charge in [-0.25, -0.2) is 4.79 Å². The Morgan fingerprint density at radius 1 is 0.648 bits per heavy atom. The van der Waals surface area contributed by atoms with Crippen LogP contribution in [-0.4, -0.2) is 99.6 Å². The van der Waals surface area contributed by atoms with E-state index in [-0.39, 0.29) is 30.9 Å². The van der Waals surface area contributed by atoms with Gasteiger partial charge in [-0.1, -0.05) is 66.5 Å². The van der Waals surface area contributed by atoms with E-state index in [0.717, 1.165) is 0 Å². The van der Waals surface area contributed by atoms with E-state index in [1.807, 2.05) is 6.92 Å². The maximum absolute atomic E-state index is 13.8. The van der Waals surface area contributed by atoms with Crippen molar-refractivity contribution in [3.63, 3.8) is 0 Å². The molecule has 1 aromatic carbocycles. The predicted octanol–water partition coefficient (Wildman–Crippen LogP) is 0.513. The SMILES string of the molecule is CC[C@H](C)[C@H](N)C(=O)N[C@@H](Cc1ccc(O)cc1)C(=O)N[C@@H](CCCCN)C(=O)N[C@H](C(=O)N[C@@H](CCC(=O)O)C(=O)N[C@H](C(=O)O)[C@@H](C)CC)C(C)C. The normalized spacial score (nSPS) is 15.6. The zero-order valence-electron chi connectivity index (χ0n) is 32.2. The number of amides is 5. The molecule has 17 heteroatoms. The van der Waals surface area contributed by atoms with Gasteiger partial charge in [-0.3, -0.25) is 28.8 Å². The second kappa shape index (κ2) is 23.8. The summed E-state index contributed by atoms with van der Waals surface area (Å²) in [7, 11) is 0. The summed E-state index contributed by atoms with van der Waals surface area (Å²) in [6.45, 7) is 10.6. The van der Waals surface area contributed by atoms with Crippen LogP contribution in [0.25, 0.3) is 0 Å². The molecule has 0 aliphatic carbocycles. The van der Waals surface area contributed by atoms with Crippen LogP contribution in [0.3, 0.4) is 0 Å². The Labute approximate surface area is 317 Å². The van der Waals surface area contributed by atoms with Crippen LogP contribution in [-0.2, 0) is 40.0 Å². The summed E-state index contributed by atoms with van der Waals surface area (Å²) in [5.74, 6) is -7.49. The molecule has 54 heavy (non-hydrogen) atoms. The fourth-order valence-corrected chi connectivity index (χ4v) is 5.42. The zero-order chi connectivity index (χ0) is 41.1. The summed E-state index contributed by atoms with van der Waals surface area (Å²) in [5, 5.41) is 41.6. The van der Waals surface area contributed by atoms with E-state index in [1.165, 1.54) is 12.1 Å². The van der Waals surface area contributed by atoms with Crippen LogP contribution in [0.5, 0.6) is 5.75 Å². The monoisotopic (exact) mass is 763 g/mol. The topological polar surface area (TPSA) is 292 Å². The van der Waals surface area contributed by atoms with Crippen molar-refractivity contribution in [3.05, 3.63) is 29.8 Å². The predicted molar refractivity (Wildman–Crippen MR) is 201 cm³/mol. The first-order chi connectivity index (χ1) is 25.4. The lowest BCUT2D eigenvalue weighted by Crippen LogP contribution is -2.60. The number of rotatable bonds is 25. The smallest absolute Gasteiger partial charge is 0.326 e. The number of hydrogen-bond donors (Lipinski definition) is 10. The number of nitrogens with two attached hydrogens (primary N) is 2. The molecule has 12 N–H and O–H groups in total. The number of carbonyl (C=O) groups is 7. The van der Waals surface area contributed by atoms with E-state index >= 15 is 0 Å². The molecule has 5 amide bonds. The molecule has 0 heterocycles. The van der Waals surface area contributed by atoms with Gasteiger partial charge in [0.15, 0.2) is 0 Å². The van der Waals surface area contributed by atoms with Crippen molar-refractivity contribution in [3.8, 4) is 5.75 Å². The molecule has 1 rings (SSSR count). The van der Waals surface area contributed by atoms with Gasteiger partial charge in [-0.05, 0) is 67.7 Å². The Hall–Kier alpha value is -4.77. The van der Waals surface area contributed by atoms with Crippen LogP contribution in [0, 0.1) is 17.8 Å². The van der Waals surface area contributed by atoms with Crippen LogP contribution in [0.1, 0.15) is 92.1 Å². The average Bonchev–Trinajstić information content (AvgIpc) is 3.12. The highest BCUT2D eigenvalue weighted by molar-refractivity contribution is 5.96. The molecule has 0 fully saturated rings. The molecular formula is C37H61N7O10. The minimum Gasteiger partial charge on any atom is -0.508 e. The number of aliphatic carboxylic acids is 2. The van der Waals surface area contributed by atoms with Gasteiger partial charge in [0.2, 0.25) is 29.5 Å². The lowest BCUT2D eigenvalue weighted by atomic mass is 9.97. The van der Waals surface area contributed by atoms with Crippen molar-refractivity contribution in [1.82, 2.24) is 26.6 Å². The summed E-state index contributed by atoms with van der Waals surface area (Å²) in [6.07, 6.45) is 1.20. The molecule has 0 aromatic heterocycles. The standard InChI is InChI=1S/C37H61N7O10/c1-7-21(5)29(39)35(51)42-27(19-23-12-14-24(45)15-13-23)34(50)40-25(11-9-10-18-38)32(48)43-30(20(3)4)36(52)41-26(16-17-28(46)47)33(49)44-31(37(53)54)22(6)8-2/h12-15,20-22,25-27,29-31,45H,7-11,16-19,38-39H2,1-6H3,(H,40,50)(H,41,52)(H,42,51)(H,43,48)(H,44,49)(H,46,47)(H,53,54)/t21-,22-,25-,26-,27-,29-,30-,31-/m0/s1. The number of phenolic OH excluding ortho intramolecular Hbond substituents is 1. The molecule has 0 saturated carbocycles. The second-order valence-corrected chi connectivity index (χ2v) is 14.1. The van der Waals surface area contributed by atoms with Gasteiger partial charge in [0.25, 0.3) is 0 Å². The van der Waals surface area contributed by atoms with Crippen LogP contribution in [0.15, 0.2) is 24.3 Å². The molecule has 0 aliphatic heterocycles. The van der Waals surface area contributed by atoms with Gasteiger partial charge >= 0.3 is 11.9 Å². The van der Waals surface area contributed by atoms with Crippen molar-refractivity contribution in [2.24, 2.45) is 29.2 Å². The third kappa shape index (κ3) is 16.1. The molecule has 17 nitrogen and oxygen atoms in total. The molecule has 0 saturated heterocycles. The summed E-state index contributed by atoms with van der Waals surface area (Å²) in [6, 6.07) is -1.24. The van der Waals surface area contributed by atoms with Crippen molar-refractivity contribution in [2.75, 3.05) is 6.54 Å². The van der Waals surface area contributed by atoms with Gasteiger partial charge in [-0.15, -0.1) is 0 Å². The van der Waals surface area contributed by atoms with E-state index < -0.39 is 96.0 Å². The first-order valence-corrected chi connectivity index (χ1v) is 18.6. The summed E-state index contributed by atoms with van der Waals surface area (Å²) >= 11 is 0. The highest BCUT2D eigenvalue weighted by Crippen LogP contribution is 2.14. The Morgan fingerprint density at radius 2 is 1.15 bits per heavy atom. The van der Waals surface area contributed by atoms with E-state index in [1.54, 1.807) is 46.8 Å². The molecule has 0 radical (unpaired) electrons. The number of hydrogen-bond acceptors (Lipinski definition) is 10. The summed E-state index contributed by atoms with van der Waals surface area (Å²) in [5.41, 5.74) is 12.4. The Morgan fingerprint density at radius 3 is 1.65 bits per heavy atom. The summed E-state index contributed by atoms with van der Waals surface area (Å²) < 4.78 is 0. The van der Waals surface area contributed by atoms with Gasteiger partial charge in [0.05, 0.1) is 6.04 Å². The third-order valence-electron chi connectivity index (χ3n) is 9.45. The Kier molecular flexibility index (Phi) is 20.8. The van der Waals surface area contributed by atoms with E-state index in [0.29, 0.717) is 37.8 Å².